The molecule has 1 aliphatic rings. The van der Waals surface area contributed by atoms with Crippen molar-refractivity contribution in [3.05, 3.63) is 23.4 Å². The Morgan fingerprint density at radius 2 is 1.73 bits per heavy atom. The van der Waals surface area contributed by atoms with Gasteiger partial charge in [-0.2, -0.15) is 0 Å². The van der Waals surface area contributed by atoms with E-state index in [2.05, 4.69) is 45.4 Å². The third-order valence-electron chi connectivity index (χ3n) is 2.84. The molecule has 128 valence electrons. The van der Waals surface area contributed by atoms with E-state index in [1.54, 1.807) is 7.11 Å². The van der Waals surface area contributed by atoms with Crippen LogP contribution in [0.1, 0.15) is 19.3 Å². The van der Waals surface area contributed by atoms with E-state index < -0.39 is 16.6 Å². The number of hydrogen-bond donors (Lipinski definition) is 0. The summed E-state index contributed by atoms with van der Waals surface area (Å²) in [6.45, 7) is 14.1. The Labute approximate surface area is 137 Å². The SMILES string of the molecule is COCCO/C(O[Si](C)(C)C)=C1\CCCC=C1O[Si](C)(C)C. The minimum atomic E-state index is -1.75. The van der Waals surface area contributed by atoms with Gasteiger partial charge in [-0.25, -0.2) is 0 Å². The number of allylic oxidation sites excluding steroid dienone is 2. The smallest absolute Gasteiger partial charge is 0.272 e. The maximum absolute atomic E-state index is 6.26. The standard InChI is InChI=1S/C16H32O4Si2/c1-17-12-13-18-16(20-22(5,6)7)14-10-8-9-11-15(14)19-21(2,3)4/h11H,8-10,12-13H2,1-7H3/b16-14-. The van der Waals surface area contributed by atoms with Crippen LogP contribution in [0, 0.1) is 0 Å². The maximum atomic E-state index is 6.26. The maximum Gasteiger partial charge on any atom is 0.272 e. The molecule has 22 heavy (non-hydrogen) atoms. The monoisotopic (exact) mass is 344 g/mol. The second-order valence-electron chi connectivity index (χ2n) is 7.50. The second kappa shape index (κ2) is 8.22. The molecule has 1 aliphatic carbocycles. The molecular weight excluding hydrogens is 312 g/mol. The van der Waals surface area contributed by atoms with Crippen LogP contribution in [0.5, 0.6) is 0 Å². The largest absolute Gasteiger partial charge is 0.544 e. The highest BCUT2D eigenvalue weighted by Gasteiger charge is 2.28. The predicted octanol–water partition coefficient (Wildman–Crippen LogP) is 4.63. The van der Waals surface area contributed by atoms with Crippen LogP contribution in [-0.4, -0.2) is 37.0 Å². The highest BCUT2D eigenvalue weighted by atomic mass is 28.4. The Kier molecular flexibility index (Phi) is 7.22. The fourth-order valence-corrected chi connectivity index (χ4v) is 3.67. The van der Waals surface area contributed by atoms with Crippen molar-refractivity contribution < 1.29 is 18.3 Å². The first-order chi connectivity index (χ1) is 10.1. The van der Waals surface area contributed by atoms with Crippen LogP contribution < -0.4 is 0 Å². The van der Waals surface area contributed by atoms with Crippen molar-refractivity contribution in [2.24, 2.45) is 0 Å². The molecule has 6 heteroatoms. The van der Waals surface area contributed by atoms with Crippen molar-refractivity contribution >= 4 is 16.6 Å². The summed E-state index contributed by atoms with van der Waals surface area (Å²) < 4.78 is 23.5. The molecular formula is C16H32O4Si2. The minimum Gasteiger partial charge on any atom is -0.544 e. The summed E-state index contributed by atoms with van der Waals surface area (Å²) in [5, 5.41) is 0. The normalized spacial score (nSPS) is 18.6. The van der Waals surface area contributed by atoms with E-state index in [1.165, 1.54) is 0 Å². The average molecular weight is 345 g/mol. The Morgan fingerprint density at radius 1 is 1.05 bits per heavy atom. The number of methoxy groups -OCH3 is 1. The summed E-state index contributed by atoms with van der Waals surface area (Å²) in [6.07, 6.45) is 5.30. The highest BCUT2D eigenvalue weighted by molar-refractivity contribution is 6.70. The van der Waals surface area contributed by atoms with Gasteiger partial charge >= 0.3 is 0 Å². The molecule has 0 N–H and O–H groups in total. The molecule has 0 aromatic carbocycles. The Hall–Kier alpha value is -0.726. The highest BCUT2D eigenvalue weighted by Crippen LogP contribution is 2.32. The Bertz CT molecular complexity index is 417. The van der Waals surface area contributed by atoms with E-state index in [0.29, 0.717) is 19.2 Å². The van der Waals surface area contributed by atoms with Crippen molar-refractivity contribution in [1.82, 2.24) is 0 Å². The van der Waals surface area contributed by atoms with Crippen LogP contribution in [0.15, 0.2) is 23.4 Å². The topological polar surface area (TPSA) is 36.9 Å². The summed E-state index contributed by atoms with van der Waals surface area (Å²) in [5.74, 6) is 1.62. The van der Waals surface area contributed by atoms with E-state index in [9.17, 15) is 0 Å². The van der Waals surface area contributed by atoms with Gasteiger partial charge in [0.05, 0.1) is 12.2 Å². The molecule has 0 bridgehead atoms. The van der Waals surface area contributed by atoms with Gasteiger partial charge in [0, 0.05) is 7.11 Å². The third kappa shape index (κ3) is 7.51. The van der Waals surface area contributed by atoms with Crippen LogP contribution in [0.2, 0.25) is 39.3 Å². The molecule has 0 saturated carbocycles. The van der Waals surface area contributed by atoms with Gasteiger partial charge in [0.15, 0.2) is 0 Å². The summed E-state index contributed by atoms with van der Waals surface area (Å²) >= 11 is 0. The molecule has 0 saturated heterocycles. The third-order valence-corrected chi connectivity index (χ3v) is 4.47. The lowest BCUT2D eigenvalue weighted by Crippen LogP contribution is -2.29. The van der Waals surface area contributed by atoms with E-state index in [1.807, 2.05) is 0 Å². The Morgan fingerprint density at radius 3 is 2.27 bits per heavy atom. The van der Waals surface area contributed by atoms with Crippen LogP contribution >= 0.6 is 0 Å². The quantitative estimate of drug-likeness (QED) is 0.365. The summed E-state index contributed by atoms with van der Waals surface area (Å²) in [4.78, 5) is 0. The lowest BCUT2D eigenvalue weighted by molar-refractivity contribution is 0.0539. The first-order valence-corrected chi connectivity index (χ1v) is 14.9. The molecule has 0 heterocycles. The van der Waals surface area contributed by atoms with Crippen molar-refractivity contribution in [1.29, 1.82) is 0 Å². The van der Waals surface area contributed by atoms with Gasteiger partial charge in [-0.3, -0.25) is 0 Å². The number of rotatable bonds is 8. The van der Waals surface area contributed by atoms with Crippen molar-refractivity contribution in [2.45, 2.75) is 58.5 Å². The fraction of sp³-hybridized carbons (Fsp3) is 0.750. The van der Waals surface area contributed by atoms with Crippen LogP contribution in [0.3, 0.4) is 0 Å². The van der Waals surface area contributed by atoms with Gasteiger partial charge in [-0.15, -0.1) is 0 Å². The van der Waals surface area contributed by atoms with Gasteiger partial charge < -0.3 is 18.3 Å². The van der Waals surface area contributed by atoms with E-state index >= 15 is 0 Å². The molecule has 0 amide bonds. The van der Waals surface area contributed by atoms with Gasteiger partial charge in [-0.05, 0) is 64.6 Å². The van der Waals surface area contributed by atoms with Gasteiger partial charge in [0.25, 0.3) is 5.95 Å². The number of ether oxygens (including phenoxy) is 2. The van der Waals surface area contributed by atoms with E-state index in [0.717, 1.165) is 30.6 Å². The Balaban J connectivity index is 3.04. The van der Waals surface area contributed by atoms with Crippen molar-refractivity contribution in [3.8, 4) is 0 Å². The fourth-order valence-electron chi connectivity index (χ4n) is 2.07. The van der Waals surface area contributed by atoms with Gasteiger partial charge in [0.2, 0.25) is 16.6 Å². The second-order valence-corrected chi connectivity index (χ2v) is 16.4. The van der Waals surface area contributed by atoms with Crippen molar-refractivity contribution in [2.75, 3.05) is 20.3 Å². The molecule has 0 aromatic heterocycles. The van der Waals surface area contributed by atoms with Crippen LogP contribution in [0.4, 0.5) is 0 Å². The summed E-state index contributed by atoms with van der Waals surface area (Å²) in [6, 6.07) is 0. The lowest BCUT2D eigenvalue weighted by Gasteiger charge is -2.29. The molecule has 0 aromatic rings. The van der Waals surface area contributed by atoms with Crippen LogP contribution in [-0.2, 0) is 18.3 Å². The molecule has 0 atom stereocenters. The average Bonchev–Trinajstić information content (AvgIpc) is 2.35. The molecule has 1 rings (SSSR count). The molecule has 0 spiro atoms. The molecule has 0 fully saturated rings. The summed E-state index contributed by atoms with van der Waals surface area (Å²) in [5.41, 5.74) is 1.09. The number of hydrogen-bond acceptors (Lipinski definition) is 4. The zero-order valence-electron chi connectivity index (χ0n) is 15.2. The first-order valence-electron chi connectivity index (χ1n) is 8.06. The molecule has 0 aliphatic heterocycles. The van der Waals surface area contributed by atoms with Crippen LogP contribution in [0.25, 0.3) is 0 Å². The van der Waals surface area contributed by atoms with E-state index in [4.69, 9.17) is 18.3 Å². The lowest BCUT2D eigenvalue weighted by atomic mass is 10.0. The van der Waals surface area contributed by atoms with Crippen molar-refractivity contribution in [3.63, 3.8) is 0 Å². The zero-order valence-corrected chi connectivity index (χ0v) is 17.2. The minimum absolute atomic E-state index is 0.500. The zero-order chi connectivity index (χ0) is 16.8. The van der Waals surface area contributed by atoms with Gasteiger partial charge in [-0.1, -0.05) is 0 Å². The molecule has 4 nitrogen and oxygen atoms in total. The molecule has 0 radical (unpaired) electrons. The van der Waals surface area contributed by atoms with E-state index in [-0.39, 0.29) is 0 Å². The molecule has 0 unspecified atom stereocenters. The predicted molar refractivity (Wildman–Crippen MR) is 95.7 cm³/mol. The van der Waals surface area contributed by atoms with Gasteiger partial charge in [0.1, 0.15) is 12.4 Å². The first kappa shape index (κ1) is 19.3. The summed E-state index contributed by atoms with van der Waals surface area (Å²) in [7, 11) is -1.73.